The highest BCUT2D eigenvalue weighted by molar-refractivity contribution is 5.79. The number of likely N-dealkylation sites (tertiary alicyclic amines) is 1. The Hall–Kier alpha value is -2.34. The van der Waals surface area contributed by atoms with Crippen LogP contribution in [0.2, 0.25) is 0 Å². The van der Waals surface area contributed by atoms with Crippen LogP contribution in [0.1, 0.15) is 24.0 Å². The van der Waals surface area contributed by atoms with Gasteiger partial charge in [0.25, 0.3) is 0 Å². The van der Waals surface area contributed by atoms with E-state index in [0.29, 0.717) is 17.5 Å². The quantitative estimate of drug-likeness (QED) is 0.892. The minimum Gasteiger partial charge on any atom is -0.393 e. The summed E-state index contributed by atoms with van der Waals surface area (Å²) in [5.41, 5.74) is 10.4. The van der Waals surface area contributed by atoms with Crippen LogP contribution in [0, 0.1) is 13.8 Å². The topological polar surface area (TPSA) is 70.3 Å². The van der Waals surface area contributed by atoms with Crippen LogP contribution in [-0.2, 0) is 0 Å². The average Bonchev–Trinajstić information content (AvgIpc) is 2.60. The van der Waals surface area contributed by atoms with E-state index in [1.165, 1.54) is 5.56 Å². The van der Waals surface area contributed by atoms with Crippen LogP contribution in [0.15, 0.2) is 24.5 Å². The molecule has 2 heterocycles. The SMILES string of the molecule is Cc1ccc(C)c(Nc2ncnc(N(C)C3CCN(C)CC3)c2N)c1. The lowest BCUT2D eigenvalue weighted by Gasteiger charge is -2.36. The second kappa shape index (κ2) is 7.27. The largest absolute Gasteiger partial charge is 0.393 e. The first-order valence-corrected chi connectivity index (χ1v) is 8.82. The first kappa shape index (κ1) is 17.5. The predicted octanol–water partition coefficient (Wildman–Crippen LogP) is 2.95. The molecule has 0 spiro atoms. The number of hydrogen-bond acceptors (Lipinski definition) is 6. The Morgan fingerprint density at radius 2 is 1.92 bits per heavy atom. The molecule has 1 aromatic heterocycles. The maximum atomic E-state index is 6.41. The van der Waals surface area contributed by atoms with E-state index in [-0.39, 0.29) is 0 Å². The number of nitrogen functional groups attached to an aromatic ring is 1. The fraction of sp³-hybridized carbons (Fsp3) is 0.474. The number of nitrogens with zero attached hydrogens (tertiary/aromatic N) is 4. The monoisotopic (exact) mass is 340 g/mol. The number of rotatable bonds is 4. The molecule has 1 aromatic carbocycles. The van der Waals surface area contributed by atoms with Crippen LogP contribution in [0.25, 0.3) is 0 Å². The van der Waals surface area contributed by atoms with Gasteiger partial charge in [-0.1, -0.05) is 12.1 Å². The highest BCUT2D eigenvalue weighted by Gasteiger charge is 2.24. The van der Waals surface area contributed by atoms with Gasteiger partial charge in [0.1, 0.15) is 12.0 Å². The summed E-state index contributed by atoms with van der Waals surface area (Å²) in [6, 6.07) is 6.77. The van der Waals surface area contributed by atoms with Gasteiger partial charge in [-0.2, -0.15) is 0 Å². The third-order valence-electron chi connectivity index (χ3n) is 5.08. The summed E-state index contributed by atoms with van der Waals surface area (Å²) in [7, 11) is 4.25. The first-order valence-electron chi connectivity index (χ1n) is 8.82. The lowest BCUT2D eigenvalue weighted by Crippen LogP contribution is -2.42. The van der Waals surface area contributed by atoms with Crippen molar-refractivity contribution in [3.05, 3.63) is 35.7 Å². The van der Waals surface area contributed by atoms with Gasteiger partial charge in [-0.25, -0.2) is 9.97 Å². The van der Waals surface area contributed by atoms with Gasteiger partial charge < -0.3 is 20.9 Å². The zero-order valence-electron chi connectivity index (χ0n) is 15.6. The molecule has 0 saturated carbocycles. The molecule has 2 aromatic rings. The average molecular weight is 340 g/mol. The second-order valence-corrected chi connectivity index (χ2v) is 7.05. The molecule has 1 saturated heterocycles. The molecular weight excluding hydrogens is 312 g/mol. The Morgan fingerprint density at radius 1 is 1.20 bits per heavy atom. The van der Waals surface area contributed by atoms with Crippen LogP contribution in [-0.4, -0.2) is 48.1 Å². The minimum atomic E-state index is 0.460. The molecule has 6 heteroatoms. The van der Waals surface area contributed by atoms with E-state index in [1.807, 2.05) is 0 Å². The molecule has 0 unspecified atom stereocenters. The Morgan fingerprint density at radius 3 is 2.64 bits per heavy atom. The summed E-state index contributed by atoms with van der Waals surface area (Å²) in [5.74, 6) is 1.47. The number of aromatic nitrogens is 2. The van der Waals surface area contributed by atoms with E-state index in [2.05, 4.69) is 71.2 Å². The maximum Gasteiger partial charge on any atom is 0.159 e. The molecule has 6 nitrogen and oxygen atoms in total. The van der Waals surface area contributed by atoms with Crippen molar-refractivity contribution in [3.63, 3.8) is 0 Å². The molecule has 0 radical (unpaired) electrons. The van der Waals surface area contributed by atoms with Crippen molar-refractivity contribution in [1.29, 1.82) is 0 Å². The first-order chi connectivity index (χ1) is 12.0. The fourth-order valence-electron chi connectivity index (χ4n) is 3.32. The van der Waals surface area contributed by atoms with Gasteiger partial charge in [0.05, 0.1) is 0 Å². The summed E-state index contributed by atoms with van der Waals surface area (Å²) >= 11 is 0. The van der Waals surface area contributed by atoms with E-state index in [9.17, 15) is 0 Å². The minimum absolute atomic E-state index is 0.460. The van der Waals surface area contributed by atoms with Gasteiger partial charge >= 0.3 is 0 Å². The standard InChI is InChI=1S/C19H28N6/c1-13-5-6-14(2)16(11-13)23-18-17(20)19(22-12-21-18)25(4)15-7-9-24(3)10-8-15/h5-6,11-12,15H,7-10,20H2,1-4H3,(H,21,22,23). The molecule has 3 rings (SSSR count). The predicted molar refractivity (Wildman–Crippen MR) is 105 cm³/mol. The van der Waals surface area contributed by atoms with Gasteiger partial charge in [0, 0.05) is 18.8 Å². The Bertz CT molecular complexity index is 737. The zero-order chi connectivity index (χ0) is 18.0. The van der Waals surface area contributed by atoms with Crippen molar-refractivity contribution in [1.82, 2.24) is 14.9 Å². The summed E-state index contributed by atoms with van der Waals surface area (Å²) in [5, 5.41) is 3.38. The molecule has 0 bridgehead atoms. The van der Waals surface area contributed by atoms with Crippen molar-refractivity contribution in [2.45, 2.75) is 32.7 Å². The number of benzene rings is 1. The summed E-state index contributed by atoms with van der Waals surface area (Å²) < 4.78 is 0. The second-order valence-electron chi connectivity index (χ2n) is 7.05. The van der Waals surface area contributed by atoms with Gasteiger partial charge in [0.15, 0.2) is 11.6 Å². The normalized spacial score (nSPS) is 16.0. The van der Waals surface area contributed by atoms with Crippen molar-refractivity contribution in [2.24, 2.45) is 0 Å². The highest BCUT2D eigenvalue weighted by atomic mass is 15.2. The third-order valence-corrected chi connectivity index (χ3v) is 5.08. The molecule has 0 aliphatic carbocycles. The molecular formula is C19H28N6. The lowest BCUT2D eigenvalue weighted by molar-refractivity contribution is 0.252. The fourth-order valence-corrected chi connectivity index (χ4v) is 3.32. The van der Waals surface area contributed by atoms with Gasteiger partial charge in [0.2, 0.25) is 0 Å². The van der Waals surface area contributed by atoms with E-state index in [4.69, 9.17) is 5.73 Å². The molecule has 1 aliphatic heterocycles. The van der Waals surface area contributed by atoms with E-state index in [1.54, 1.807) is 6.33 Å². The molecule has 0 atom stereocenters. The van der Waals surface area contributed by atoms with Gasteiger partial charge in [-0.3, -0.25) is 0 Å². The van der Waals surface area contributed by atoms with E-state index >= 15 is 0 Å². The molecule has 1 fully saturated rings. The number of anilines is 4. The Kier molecular flexibility index (Phi) is 5.08. The van der Waals surface area contributed by atoms with Gasteiger partial charge in [-0.15, -0.1) is 0 Å². The van der Waals surface area contributed by atoms with E-state index in [0.717, 1.165) is 43.0 Å². The van der Waals surface area contributed by atoms with Crippen molar-refractivity contribution in [2.75, 3.05) is 43.1 Å². The summed E-state index contributed by atoms with van der Waals surface area (Å²) in [6.45, 7) is 6.36. The lowest BCUT2D eigenvalue weighted by atomic mass is 10.0. The summed E-state index contributed by atoms with van der Waals surface area (Å²) in [6.07, 6.45) is 3.83. The van der Waals surface area contributed by atoms with Crippen LogP contribution < -0.4 is 16.0 Å². The number of aryl methyl sites for hydroxylation is 2. The van der Waals surface area contributed by atoms with Crippen LogP contribution in [0.5, 0.6) is 0 Å². The smallest absolute Gasteiger partial charge is 0.159 e. The molecule has 0 amide bonds. The van der Waals surface area contributed by atoms with Crippen molar-refractivity contribution >= 4 is 23.0 Å². The summed E-state index contributed by atoms with van der Waals surface area (Å²) in [4.78, 5) is 13.4. The number of nitrogens with two attached hydrogens (primary N) is 1. The number of nitrogens with one attached hydrogen (secondary N) is 1. The van der Waals surface area contributed by atoms with Crippen molar-refractivity contribution in [3.8, 4) is 0 Å². The maximum absolute atomic E-state index is 6.41. The molecule has 25 heavy (non-hydrogen) atoms. The number of hydrogen-bond donors (Lipinski definition) is 2. The molecule has 1 aliphatic rings. The van der Waals surface area contributed by atoms with Crippen LogP contribution in [0.4, 0.5) is 23.0 Å². The number of piperidine rings is 1. The van der Waals surface area contributed by atoms with E-state index < -0.39 is 0 Å². The Balaban J connectivity index is 1.83. The van der Waals surface area contributed by atoms with Crippen molar-refractivity contribution < 1.29 is 0 Å². The third kappa shape index (κ3) is 3.85. The highest BCUT2D eigenvalue weighted by Crippen LogP contribution is 2.31. The van der Waals surface area contributed by atoms with Gasteiger partial charge in [-0.05, 0) is 64.0 Å². The Labute approximate surface area is 150 Å². The van der Waals surface area contributed by atoms with Crippen LogP contribution in [0.3, 0.4) is 0 Å². The molecule has 134 valence electrons. The zero-order valence-corrected chi connectivity index (χ0v) is 15.6. The van der Waals surface area contributed by atoms with Crippen LogP contribution >= 0.6 is 0 Å². The molecule has 3 N–H and O–H groups in total.